The largest absolute Gasteiger partial charge is 0.332 e. The summed E-state index contributed by atoms with van der Waals surface area (Å²) < 4.78 is 0. The van der Waals surface area contributed by atoms with E-state index in [1.807, 2.05) is 38.1 Å². The molecule has 4 aliphatic rings. The van der Waals surface area contributed by atoms with Crippen molar-refractivity contribution in [2.24, 2.45) is 22.7 Å². The number of nitrogens with zero attached hydrogens (tertiary/aromatic N) is 3. The van der Waals surface area contributed by atoms with Crippen molar-refractivity contribution in [3.8, 4) is 0 Å². The van der Waals surface area contributed by atoms with Crippen molar-refractivity contribution in [3.63, 3.8) is 0 Å². The maximum Gasteiger partial charge on any atom is 0.321 e. The van der Waals surface area contributed by atoms with Crippen LogP contribution in [0.5, 0.6) is 0 Å². The molecule has 0 aliphatic heterocycles. The molecule has 2 amide bonds. The Morgan fingerprint density at radius 2 is 1.61 bits per heavy atom. The van der Waals surface area contributed by atoms with E-state index in [0.717, 1.165) is 54.8 Å². The third kappa shape index (κ3) is 5.34. The Balaban J connectivity index is 1.28. The Morgan fingerprint density at radius 3 is 2.21 bits per heavy atom. The number of nitrogens with one attached hydrogen (secondary N) is 3. The van der Waals surface area contributed by atoms with E-state index >= 15 is 0 Å². The zero-order valence-corrected chi connectivity index (χ0v) is 19.6. The first-order valence-electron chi connectivity index (χ1n) is 12.2. The quantitative estimate of drug-likeness (QED) is 0.470. The van der Waals surface area contributed by atoms with Gasteiger partial charge in [-0.2, -0.15) is 0 Å². The molecule has 4 fully saturated rings. The second-order valence-electron chi connectivity index (χ2n) is 10.3. The second-order valence-corrected chi connectivity index (χ2v) is 10.3. The summed E-state index contributed by atoms with van der Waals surface area (Å²) in [4.78, 5) is 26.7. The lowest BCUT2D eigenvalue weighted by molar-refractivity contribution is -0.0132. The van der Waals surface area contributed by atoms with Crippen molar-refractivity contribution in [2.45, 2.75) is 64.3 Å². The second kappa shape index (κ2) is 9.12. The molecule has 0 radical (unpaired) electrons. The number of hydrogen-bond donors (Lipinski definition) is 3. The molecule has 1 heterocycles. The normalized spacial score (nSPS) is 27.9. The van der Waals surface area contributed by atoms with Crippen molar-refractivity contribution in [3.05, 3.63) is 53.3 Å². The number of aryl methyl sites for hydroxylation is 2. The summed E-state index contributed by atoms with van der Waals surface area (Å²) in [5.74, 6) is 3.16. The van der Waals surface area contributed by atoms with Crippen molar-refractivity contribution in [1.82, 2.24) is 20.6 Å². The van der Waals surface area contributed by atoms with Gasteiger partial charge >= 0.3 is 6.03 Å². The minimum Gasteiger partial charge on any atom is -0.332 e. The molecule has 7 nitrogen and oxygen atoms in total. The molecule has 0 saturated heterocycles. The zero-order valence-electron chi connectivity index (χ0n) is 19.6. The molecule has 0 atom stereocenters. The summed E-state index contributed by atoms with van der Waals surface area (Å²) in [5.41, 5.74) is 2.89. The Hall–Kier alpha value is -2.96. The van der Waals surface area contributed by atoms with Crippen LogP contribution in [0.1, 0.15) is 55.5 Å². The molecule has 4 bridgehead atoms. The number of urea groups is 1. The van der Waals surface area contributed by atoms with Gasteiger partial charge < -0.3 is 5.32 Å². The first-order chi connectivity index (χ1) is 15.9. The average molecular weight is 447 g/mol. The van der Waals surface area contributed by atoms with Crippen LogP contribution < -0.4 is 16.0 Å². The minimum atomic E-state index is -0.188. The van der Waals surface area contributed by atoms with Crippen LogP contribution >= 0.6 is 0 Å². The number of carbonyl (C=O) groups excluding carboxylic acids is 1. The Kier molecular flexibility index (Phi) is 6.04. The average Bonchev–Trinajstić information content (AvgIpc) is 2.72. The van der Waals surface area contributed by atoms with E-state index in [-0.39, 0.29) is 11.6 Å². The number of aliphatic imine (C=N–C) groups is 1. The van der Waals surface area contributed by atoms with E-state index < -0.39 is 0 Å². The molecule has 0 unspecified atom stereocenters. The first kappa shape index (κ1) is 21.9. The molecule has 33 heavy (non-hydrogen) atoms. The number of rotatable bonds is 5. The van der Waals surface area contributed by atoms with Gasteiger partial charge in [0.15, 0.2) is 0 Å². The van der Waals surface area contributed by atoms with Gasteiger partial charge in [-0.05, 0) is 88.2 Å². The molecule has 2 aromatic rings. The molecule has 174 valence electrons. The van der Waals surface area contributed by atoms with Crippen LogP contribution in [-0.2, 0) is 6.42 Å². The predicted molar refractivity (Wildman–Crippen MR) is 130 cm³/mol. The standard InChI is InChI=1S/C26H34N6O/c1-17-10-18(2)29-24(28-17)30-23(27-9-8-19-6-4-3-5-7-19)31-25(33)32-26-14-20-11-21(15-26)13-22(12-20)16-26/h3-7,10,20-22H,8-9,11-16H2,1-2H3,(H3,27,28,29,30,31,32,33). The molecular formula is C26H34N6O. The summed E-state index contributed by atoms with van der Waals surface area (Å²) in [5, 5.41) is 9.48. The molecule has 0 spiro atoms. The highest BCUT2D eigenvalue weighted by Gasteiger charge is 2.51. The number of amides is 2. The van der Waals surface area contributed by atoms with E-state index in [1.165, 1.54) is 24.8 Å². The van der Waals surface area contributed by atoms with Crippen LogP contribution in [0.2, 0.25) is 0 Å². The van der Waals surface area contributed by atoms with Crippen LogP contribution in [0, 0.1) is 31.6 Å². The van der Waals surface area contributed by atoms with Crippen LogP contribution in [0.3, 0.4) is 0 Å². The summed E-state index contributed by atoms with van der Waals surface area (Å²) in [7, 11) is 0. The highest BCUT2D eigenvalue weighted by molar-refractivity contribution is 6.03. The monoisotopic (exact) mass is 446 g/mol. The number of aromatic nitrogens is 2. The number of anilines is 1. The van der Waals surface area contributed by atoms with Gasteiger partial charge in [-0.25, -0.2) is 14.8 Å². The van der Waals surface area contributed by atoms with Crippen molar-refractivity contribution in [2.75, 3.05) is 11.9 Å². The van der Waals surface area contributed by atoms with Gasteiger partial charge in [0.25, 0.3) is 0 Å². The van der Waals surface area contributed by atoms with Crippen molar-refractivity contribution < 1.29 is 4.79 Å². The van der Waals surface area contributed by atoms with Crippen LogP contribution in [0.25, 0.3) is 0 Å². The minimum absolute atomic E-state index is 0.0512. The molecule has 6 rings (SSSR count). The third-order valence-corrected chi connectivity index (χ3v) is 7.37. The van der Waals surface area contributed by atoms with Gasteiger partial charge in [-0.1, -0.05) is 30.3 Å². The van der Waals surface area contributed by atoms with Gasteiger partial charge in [-0.3, -0.25) is 15.6 Å². The number of guanidine groups is 1. The Labute approximate surface area is 195 Å². The fourth-order valence-corrected chi connectivity index (χ4v) is 6.58. The van der Waals surface area contributed by atoms with Gasteiger partial charge in [0.1, 0.15) is 0 Å². The van der Waals surface area contributed by atoms with Crippen molar-refractivity contribution >= 4 is 17.9 Å². The van der Waals surface area contributed by atoms with E-state index in [9.17, 15) is 4.79 Å². The smallest absolute Gasteiger partial charge is 0.321 e. The molecule has 3 N–H and O–H groups in total. The topological polar surface area (TPSA) is 91.3 Å². The summed E-state index contributed by atoms with van der Waals surface area (Å²) in [6.45, 7) is 4.41. The summed E-state index contributed by atoms with van der Waals surface area (Å²) in [6.07, 6.45) is 8.17. The third-order valence-electron chi connectivity index (χ3n) is 7.37. The molecule has 1 aromatic heterocycles. The van der Waals surface area contributed by atoms with Gasteiger partial charge in [0.2, 0.25) is 11.9 Å². The van der Waals surface area contributed by atoms with E-state index in [4.69, 9.17) is 0 Å². The Bertz CT molecular complexity index is 979. The first-order valence-corrected chi connectivity index (χ1v) is 12.2. The highest BCUT2D eigenvalue weighted by Crippen LogP contribution is 2.55. The Morgan fingerprint density at radius 1 is 1.00 bits per heavy atom. The van der Waals surface area contributed by atoms with Gasteiger partial charge in [0.05, 0.1) is 0 Å². The molecule has 4 saturated carbocycles. The molecular weight excluding hydrogens is 412 g/mol. The van der Waals surface area contributed by atoms with E-state index in [0.29, 0.717) is 18.5 Å². The van der Waals surface area contributed by atoms with Crippen molar-refractivity contribution in [1.29, 1.82) is 0 Å². The lowest BCUT2D eigenvalue weighted by Gasteiger charge is -2.56. The fourth-order valence-electron chi connectivity index (χ4n) is 6.58. The van der Waals surface area contributed by atoms with Crippen LogP contribution in [-0.4, -0.2) is 34.0 Å². The van der Waals surface area contributed by atoms with E-state index in [1.54, 1.807) is 0 Å². The van der Waals surface area contributed by atoms with Crippen LogP contribution in [0.4, 0.5) is 10.7 Å². The zero-order chi connectivity index (χ0) is 22.8. The SMILES string of the molecule is Cc1cc(C)nc(NC(=NCCc2ccccc2)NC(=O)NC23CC4CC(CC(C4)C2)C3)n1. The van der Waals surface area contributed by atoms with Gasteiger partial charge in [-0.15, -0.1) is 0 Å². The number of hydrogen-bond acceptors (Lipinski definition) is 4. The summed E-state index contributed by atoms with van der Waals surface area (Å²) in [6, 6.07) is 12.0. The maximum absolute atomic E-state index is 13.1. The molecule has 1 aromatic carbocycles. The molecule has 4 aliphatic carbocycles. The van der Waals surface area contributed by atoms with Crippen LogP contribution in [0.15, 0.2) is 41.4 Å². The summed E-state index contributed by atoms with van der Waals surface area (Å²) >= 11 is 0. The fraction of sp³-hybridized carbons (Fsp3) is 0.538. The number of benzene rings is 1. The maximum atomic E-state index is 13.1. The predicted octanol–water partition coefficient (Wildman–Crippen LogP) is 4.37. The lowest BCUT2D eigenvalue weighted by atomic mass is 9.53. The number of carbonyl (C=O) groups is 1. The lowest BCUT2D eigenvalue weighted by Crippen LogP contribution is -2.62. The van der Waals surface area contributed by atoms with E-state index in [2.05, 4.69) is 43.0 Å². The molecule has 7 heteroatoms. The van der Waals surface area contributed by atoms with Gasteiger partial charge in [0, 0.05) is 23.5 Å². The highest BCUT2D eigenvalue weighted by atomic mass is 16.2.